The maximum absolute atomic E-state index is 13.7. The summed E-state index contributed by atoms with van der Waals surface area (Å²) >= 11 is 6.00. The summed E-state index contributed by atoms with van der Waals surface area (Å²) in [5, 5.41) is 10.9. The van der Waals surface area contributed by atoms with Gasteiger partial charge >= 0.3 is 0 Å². The fourth-order valence-electron chi connectivity index (χ4n) is 2.65. The molecule has 0 aliphatic rings. The Morgan fingerprint density at radius 3 is 2.77 bits per heavy atom. The summed E-state index contributed by atoms with van der Waals surface area (Å²) in [4.78, 5) is 8.54. The summed E-state index contributed by atoms with van der Waals surface area (Å²) in [6, 6.07) is 13.6. The SMILES string of the molecule is CN=C(NCCc1nc(-c2cccc(Cl)c2)no1)NCC(C)Oc1ccccc1F.I. The molecule has 0 aliphatic heterocycles. The predicted octanol–water partition coefficient (Wildman–Crippen LogP) is 4.32. The van der Waals surface area contributed by atoms with Gasteiger partial charge in [-0.15, -0.1) is 24.0 Å². The molecule has 0 saturated heterocycles. The van der Waals surface area contributed by atoms with Gasteiger partial charge < -0.3 is 19.9 Å². The van der Waals surface area contributed by atoms with Gasteiger partial charge in [-0.3, -0.25) is 4.99 Å². The van der Waals surface area contributed by atoms with Gasteiger partial charge in [-0.25, -0.2) is 4.39 Å². The number of nitrogens with zero attached hydrogens (tertiary/aromatic N) is 3. The van der Waals surface area contributed by atoms with Crippen molar-refractivity contribution < 1.29 is 13.7 Å². The minimum Gasteiger partial charge on any atom is -0.486 e. The number of hydrogen-bond acceptors (Lipinski definition) is 5. The fourth-order valence-corrected chi connectivity index (χ4v) is 2.84. The van der Waals surface area contributed by atoms with Crippen LogP contribution in [0.5, 0.6) is 5.75 Å². The molecule has 3 rings (SSSR count). The first kappa shape index (κ1) is 24.9. The van der Waals surface area contributed by atoms with Gasteiger partial charge in [-0.2, -0.15) is 4.98 Å². The lowest BCUT2D eigenvalue weighted by molar-refractivity contribution is 0.214. The third kappa shape index (κ3) is 7.66. The first-order valence-corrected chi connectivity index (χ1v) is 9.87. The zero-order valence-electron chi connectivity index (χ0n) is 17.1. The van der Waals surface area contributed by atoms with Crippen LogP contribution in [0.1, 0.15) is 12.8 Å². The van der Waals surface area contributed by atoms with Crippen LogP contribution < -0.4 is 15.4 Å². The molecule has 10 heteroatoms. The monoisotopic (exact) mass is 559 g/mol. The van der Waals surface area contributed by atoms with Crippen molar-refractivity contribution in [1.29, 1.82) is 0 Å². The normalized spacial score (nSPS) is 12.1. The van der Waals surface area contributed by atoms with Crippen molar-refractivity contribution in [3.8, 4) is 17.1 Å². The number of benzene rings is 2. The first-order chi connectivity index (χ1) is 14.5. The lowest BCUT2D eigenvalue weighted by Gasteiger charge is -2.17. The number of ether oxygens (including phenoxy) is 1. The third-order valence-corrected chi connectivity index (χ3v) is 4.36. The Bertz CT molecular complexity index is 1000. The maximum Gasteiger partial charge on any atom is 0.228 e. The van der Waals surface area contributed by atoms with Crippen molar-refractivity contribution in [3.63, 3.8) is 0 Å². The number of aliphatic imine (C=N–C) groups is 1. The number of halogens is 3. The third-order valence-electron chi connectivity index (χ3n) is 4.13. The maximum atomic E-state index is 13.7. The van der Waals surface area contributed by atoms with Crippen molar-refractivity contribution in [2.24, 2.45) is 4.99 Å². The molecule has 0 bridgehead atoms. The second kappa shape index (κ2) is 12.5. The molecule has 1 heterocycles. The van der Waals surface area contributed by atoms with E-state index in [1.54, 1.807) is 37.4 Å². The lowest BCUT2D eigenvalue weighted by atomic mass is 10.2. The van der Waals surface area contributed by atoms with Crippen LogP contribution in [0, 0.1) is 5.82 Å². The molecule has 31 heavy (non-hydrogen) atoms. The van der Waals surface area contributed by atoms with Gasteiger partial charge in [-0.05, 0) is 31.2 Å². The summed E-state index contributed by atoms with van der Waals surface area (Å²) < 4.78 is 24.6. The Hall–Kier alpha value is -2.40. The highest BCUT2D eigenvalue weighted by Crippen LogP contribution is 2.20. The Kier molecular flexibility index (Phi) is 9.99. The van der Waals surface area contributed by atoms with Crippen LogP contribution in [-0.4, -0.2) is 42.3 Å². The van der Waals surface area contributed by atoms with Crippen LogP contribution in [0.25, 0.3) is 11.4 Å². The van der Waals surface area contributed by atoms with Crippen LogP contribution in [0.2, 0.25) is 5.02 Å². The molecule has 7 nitrogen and oxygen atoms in total. The smallest absolute Gasteiger partial charge is 0.228 e. The van der Waals surface area contributed by atoms with E-state index in [-0.39, 0.29) is 41.6 Å². The van der Waals surface area contributed by atoms with Gasteiger partial charge in [0.05, 0.1) is 6.54 Å². The minimum atomic E-state index is -0.386. The lowest BCUT2D eigenvalue weighted by Crippen LogP contribution is -2.42. The van der Waals surface area contributed by atoms with E-state index in [4.69, 9.17) is 20.9 Å². The minimum absolute atomic E-state index is 0. The molecule has 3 aromatic rings. The molecule has 0 radical (unpaired) electrons. The largest absolute Gasteiger partial charge is 0.486 e. The molecular formula is C21H24ClFIN5O2. The molecular weight excluding hydrogens is 536 g/mol. The highest BCUT2D eigenvalue weighted by molar-refractivity contribution is 14.0. The number of guanidine groups is 1. The summed E-state index contributed by atoms with van der Waals surface area (Å²) in [6.45, 7) is 2.84. The van der Waals surface area contributed by atoms with E-state index in [2.05, 4.69) is 25.8 Å². The summed E-state index contributed by atoms with van der Waals surface area (Å²) in [7, 11) is 1.67. The molecule has 1 unspecified atom stereocenters. The first-order valence-electron chi connectivity index (χ1n) is 9.49. The highest BCUT2D eigenvalue weighted by Gasteiger charge is 2.11. The quantitative estimate of drug-likeness (QED) is 0.243. The second-order valence-corrected chi connectivity index (χ2v) is 6.95. The average molecular weight is 560 g/mol. The van der Waals surface area contributed by atoms with E-state index in [9.17, 15) is 4.39 Å². The molecule has 1 aromatic heterocycles. The van der Waals surface area contributed by atoms with Gasteiger partial charge in [0, 0.05) is 30.6 Å². The Morgan fingerprint density at radius 2 is 2.03 bits per heavy atom. The molecule has 2 N–H and O–H groups in total. The molecule has 2 aromatic carbocycles. The number of nitrogens with one attached hydrogen (secondary N) is 2. The topological polar surface area (TPSA) is 84.6 Å². The van der Waals surface area contributed by atoms with Crippen molar-refractivity contribution in [2.45, 2.75) is 19.4 Å². The Morgan fingerprint density at radius 1 is 1.23 bits per heavy atom. The van der Waals surface area contributed by atoms with Crippen LogP contribution >= 0.6 is 35.6 Å². The predicted molar refractivity (Wildman–Crippen MR) is 130 cm³/mol. The zero-order valence-corrected chi connectivity index (χ0v) is 20.2. The molecule has 0 spiro atoms. The van der Waals surface area contributed by atoms with Crippen molar-refractivity contribution in [3.05, 3.63) is 65.3 Å². The number of rotatable bonds is 8. The van der Waals surface area contributed by atoms with E-state index in [1.165, 1.54) is 6.07 Å². The van der Waals surface area contributed by atoms with Gasteiger partial charge in [-0.1, -0.05) is 41.0 Å². The number of hydrogen-bond donors (Lipinski definition) is 2. The highest BCUT2D eigenvalue weighted by atomic mass is 127. The molecule has 0 amide bonds. The van der Waals surface area contributed by atoms with Crippen LogP contribution in [-0.2, 0) is 6.42 Å². The van der Waals surface area contributed by atoms with E-state index >= 15 is 0 Å². The van der Waals surface area contributed by atoms with E-state index in [0.29, 0.717) is 42.2 Å². The van der Waals surface area contributed by atoms with Crippen LogP contribution in [0.4, 0.5) is 4.39 Å². The standard InChI is InChI=1S/C21H23ClFN5O2.HI/c1-14(29-18-9-4-3-8-17(18)23)13-26-21(24-2)25-11-10-19-27-20(28-30-19)15-6-5-7-16(22)12-15;/h3-9,12,14H,10-11,13H2,1-2H3,(H2,24,25,26);1H. The van der Waals surface area contributed by atoms with Gasteiger partial charge in [0.2, 0.25) is 11.7 Å². The summed E-state index contributed by atoms with van der Waals surface area (Å²) in [5.74, 6) is 1.43. The zero-order chi connectivity index (χ0) is 21.3. The summed E-state index contributed by atoms with van der Waals surface area (Å²) in [6.07, 6.45) is 0.270. The van der Waals surface area contributed by atoms with Crippen molar-refractivity contribution in [1.82, 2.24) is 20.8 Å². The summed E-state index contributed by atoms with van der Waals surface area (Å²) in [5.41, 5.74) is 0.798. The number of para-hydroxylation sites is 1. The Balaban J connectivity index is 0.00000341. The van der Waals surface area contributed by atoms with Gasteiger partial charge in [0.1, 0.15) is 6.10 Å². The van der Waals surface area contributed by atoms with Crippen molar-refractivity contribution >= 4 is 41.5 Å². The number of aromatic nitrogens is 2. The molecule has 0 saturated carbocycles. The molecule has 0 aliphatic carbocycles. The van der Waals surface area contributed by atoms with Gasteiger partial charge in [0.25, 0.3) is 0 Å². The van der Waals surface area contributed by atoms with Crippen LogP contribution in [0.3, 0.4) is 0 Å². The fraction of sp³-hybridized carbons (Fsp3) is 0.286. The average Bonchev–Trinajstić information content (AvgIpc) is 3.21. The van der Waals surface area contributed by atoms with E-state index < -0.39 is 0 Å². The van der Waals surface area contributed by atoms with Crippen LogP contribution in [0.15, 0.2) is 58.0 Å². The van der Waals surface area contributed by atoms with E-state index in [1.807, 2.05) is 19.1 Å². The van der Waals surface area contributed by atoms with E-state index in [0.717, 1.165) is 5.56 Å². The van der Waals surface area contributed by atoms with Gasteiger partial charge in [0.15, 0.2) is 17.5 Å². The van der Waals surface area contributed by atoms with Crippen molar-refractivity contribution in [2.75, 3.05) is 20.1 Å². The molecule has 166 valence electrons. The second-order valence-electron chi connectivity index (χ2n) is 6.51. The Labute approximate surface area is 202 Å². The molecule has 0 fully saturated rings. The molecule has 1 atom stereocenters.